The number of carbonyl (C=O) groups excluding carboxylic acids is 1. The number of likely N-dealkylation sites (tertiary alicyclic amines) is 1. The molecule has 8 nitrogen and oxygen atoms in total. The van der Waals surface area contributed by atoms with Crippen LogP contribution in [0.4, 0.5) is 0 Å². The smallest absolute Gasteiger partial charge is 0.241 e. The Balaban J connectivity index is 1.54. The highest BCUT2D eigenvalue weighted by Crippen LogP contribution is 2.31. The van der Waals surface area contributed by atoms with Crippen molar-refractivity contribution < 1.29 is 18.8 Å². The van der Waals surface area contributed by atoms with Crippen LogP contribution in [0, 0.1) is 11.8 Å². The van der Waals surface area contributed by atoms with Gasteiger partial charge in [-0.05, 0) is 50.0 Å². The van der Waals surface area contributed by atoms with Crippen molar-refractivity contribution in [3.63, 3.8) is 0 Å². The highest BCUT2D eigenvalue weighted by molar-refractivity contribution is 5.78. The van der Waals surface area contributed by atoms with Gasteiger partial charge in [-0.15, -0.1) is 0 Å². The van der Waals surface area contributed by atoms with Crippen molar-refractivity contribution in [2.45, 2.75) is 33.2 Å². The molecule has 0 radical (unpaired) electrons. The lowest BCUT2D eigenvalue weighted by Gasteiger charge is -2.30. The predicted molar refractivity (Wildman–Crippen MR) is 109 cm³/mol. The Morgan fingerprint density at radius 2 is 1.97 bits per heavy atom. The lowest BCUT2D eigenvalue weighted by atomic mass is 9.95. The van der Waals surface area contributed by atoms with E-state index < -0.39 is 0 Å². The van der Waals surface area contributed by atoms with Crippen LogP contribution in [0.5, 0.6) is 11.5 Å². The van der Waals surface area contributed by atoms with Crippen LogP contribution < -0.4 is 14.8 Å². The lowest BCUT2D eigenvalue weighted by Crippen LogP contribution is -2.41. The molecule has 1 fully saturated rings. The zero-order valence-corrected chi connectivity index (χ0v) is 17.6. The fourth-order valence-corrected chi connectivity index (χ4v) is 3.41. The molecular formula is C21H30N4O4. The molecule has 1 N–H and O–H groups in total. The number of nitrogens with one attached hydrogen (secondary N) is 1. The molecule has 3 rings (SSSR count). The molecule has 2 aromatic rings. The SMILES string of the molecule is COc1ccc(-c2noc(CN3CCC(C(=O)NCC(C)C)CC3)n2)cc1OC. The fraction of sp³-hybridized carbons (Fsp3) is 0.571. The monoisotopic (exact) mass is 402 g/mol. The number of amides is 1. The van der Waals surface area contributed by atoms with Crippen LogP contribution in [0.2, 0.25) is 0 Å². The first-order valence-corrected chi connectivity index (χ1v) is 10.0. The van der Waals surface area contributed by atoms with E-state index in [0.717, 1.165) is 38.0 Å². The zero-order chi connectivity index (χ0) is 20.8. The molecule has 1 aliphatic heterocycles. The summed E-state index contributed by atoms with van der Waals surface area (Å²) in [5.74, 6) is 3.09. The molecule has 0 bridgehead atoms. The van der Waals surface area contributed by atoms with E-state index in [9.17, 15) is 4.79 Å². The maximum absolute atomic E-state index is 12.2. The first-order chi connectivity index (χ1) is 14.0. The van der Waals surface area contributed by atoms with Gasteiger partial charge in [-0.1, -0.05) is 19.0 Å². The number of aromatic nitrogens is 2. The Bertz CT molecular complexity index is 813. The minimum absolute atomic E-state index is 0.0926. The van der Waals surface area contributed by atoms with Gasteiger partial charge in [0.1, 0.15) is 0 Å². The number of hydrogen-bond acceptors (Lipinski definition) is 7. The molecule has 0 saturated carbocycles. The maximum atomic E-state index is 12.2. The van der Waals surface area contributed by atoms with E-state index >= 15 is 0 Å². The molecular weight excluding hydrogens is 372 g/mol. The number of rotatable bonds is 8. The number of benzene rings is 1. The van der Waals surface area contributed by atoms with Gasteiger partial charge in [0.2, 0.25) is 17.6 Å². The van der Waals surface area contributed by atoms with E-state index in [1.54, 1.807) is 14.2 Å². The second-order valence-corrected chi connectivity index (χ2v) is 7.77. The van der Waals surface area contributed by atoms with Crippen LogP contribution in [-0.4, -0.2) is 54.8 Å². The Kier molecular flexibility index (Phi) is 7.09. The quantitative estimate of drug-likeness (QED) is 0.726. The summed E-state index contributed by atoms with van der Waals surface area (Å²) in [6, 6.07) is 5.52. The summed E-state index contributed by atoms with van der Waals surface area (Å²) in [5.41, 5.74) is 0.804. The summed E-state index contributed by atoms with van der Waals surface area (Å²) in [4.78, 5) is 19.0. The summed E-state index contributed by atoms with van der Waals surface area (Å²) < 4.78 is 16.0. The van der Waals surface area contributed by atoms with E-state index in [4.69, 9.17) is 14.0 Å². The average molecular weight is 402 g/mol. The molecule has 0 unspecified atom stereocenters. The molecule has 1 aliphatic rings. The summed E-state index contributed by atoms with van der Waals surface area (Å²) in [6.45, 7) is 7.20. The molecule has 1 aromatic carbocycles. The van der Waals surface area contributed by atoms with Gasteiger partial charge in [0.25, 0.3) is 0 Å². The van der Waals surface area contributed by atoms with E-state index in [0.29, 0.717) is 35.7 Å². The van der Waals surface area contributed by atoms with Crippen molar-refractivity contribution in [1.29, 1.82) is 0 Å². The fourth-order valence-electron chi connectivity index (χ4n) is 3.41. The largest absolute Gasteiger partial charge is 0.493 e. The molecule has 29 heavy (non-hydrogen) atoms. The van der Waals surface area contributed by atoms with Crippen LogP contribution in [0.3, 0.4) is 0 Å². The van der Waals surface area contributed by atoms with E-state index in [1.807, 2.05) is 18.2 Å². The van der Waals surface area contributed by atoms with Crippen molar-refractivity contribution in [2.75, 3.05) is 33.9 Å². The Morgan fingerprint density at radius 1 is 1.24 bits per heavy atom. The van der Waals surface area contributed by atoms with Gasteiger partial charge in [-0.3, -0.25) is 9.69 Å². The van der Waals surface area contributed by atoms with Gasteiger partial charge in [0.05, 0.1) is 20.8 Å². The zero-order valence-electron chi connectivity index (χ0n) is 17.6. The number of nitrogens with zero attached hydrogens (tertiary/aromatic N) is 3. The van der Waals surface area contributed by atoms with Crippen molar-refractivity contribution >= 4 is 5.91 Å². The first-order valence-electron chi connectivity index (χ1n) is 10.0. The van der Waals surface area contributed by atoms with Gasteiger partial charge >= 0.3 is 0 Å². The Morgan fingerprint density at radius 3 is 2.62 bits per heavy atom. The van der Waals surface area contributed by atoms with E-state index in [-0.39, 0.29) is 11.8 Å². The molecule has 0 aliphatic carbocycles. The van der Waals surface area contributed by atoms with E-state index in [2.05, 4.69) is 34.2 Å². The topological polar surface area (TPSA) is 89.7 Å². The third-order valence-corrected chi connectivity index (χ3v) is 5.11. The lowest BCUT2D eigenvalue weighted by molar-refractivity contribution is -0.126. The number of piperidine rings is 1. The third-order valence-electron chi connectivity index (χ3n) is 5.11. The highest BCUT2D eigenvalue weighted by atomic mass is 16.5. The summed E-state index contributed by atoms with van der Waals surface area (Å²) >= 11 is 0. The summed E-state index contributed by atoms with van der Waals surface area (Å²) in [5, 5.41) is 7.13. The third kappa shape index (κ3) is 5.47. The summed E-state index contributed by atoms with van der Waals surface area (Å²) in [6.07, 6.45) is 1.70. The number of ether oxygens (including phenoxy) is 2. The van der Waals surface area contributed by atoms with Crippen LogP contribution >= 0.6 is 0 Å². The average Bonchev–Trinajstić information content (AvgIpc) is 3.20. The molecule has 0 spiro atoms. The second kappa shape index (κ2) is 9.73. The molecule has 8 heteroatoms. The standard InChI is InChI=1S/C21H30N4O4/c1-14(2)12-22-21(26)15-7-9-25(10-8-15)13-19-23-20(24-29-19)16-5-6-17(27-3)18(11-16)28-4/h5-6,11,14-15H,7-10,12-13H2,1-4H3,(H,22,26). The van der Waals surface area contributed by atoms with Crippen molar-refractivity contribution in [2.24, 2.45) is 11.8 Å². The Hall–Kier alpha value is -2.61. The molecule has 1 saturated heterocycles. The highest BCUT2D eigenvalue weighted by Gasteiger charge is 2.26. The van der Waals surface area contributed by atoms with Crippen LogP contribution in [0.25, 0.3) is 11.4 Å². The van der Waals surface area contributed by atoms with Crippen molar-refractivity contribution in [3.8, 4) is 22.9 Å². The Labute approximate surface area is 171 Å². The second-order valence-electron chi connectivity index (χ2n) is 7.77. The number of carbonyl (C=O) groups is 1. The van der Waals surface area contributed by atoms with Gasteiger partial charge in [0, 0.05) is 18.0 Å². The maximum Gasteiger partial charge on any atom is 0.241 e. The molecule has 2 heterocycles. The minimum Gasteiger partial charge on any atom is -0.493 e. The first kappa shape index (κ1) is 21.1. The minimum atomic E-state index is 0.0926. The molecule has 158 valence electrons. The van der Waals surface area contributed by atoms with Crippen LogP contribution in [0.1, 0.15) is 32.6 Å². The van der Waals surface area contributed by atoms with Gasteiger partial charge in [-0.25, -0.2) is 0 Å². The van der Waals surface area contributed by atoms with Crippen LogP contribution in [-0.2, 0) is 11.3 Å². The molecule has 1 aromatic heterocycles. The molecule has 0 atom stereocenters. The summed E-state index contributed by atoms with van der Waals surface area (Å²) in [7, 11) is 3.19. The van der Waals surface area contributed by atoms with E-state index in [1.165, 1.54) is 0 Å². The van der Waals surface area contributed by atoms with Gasteiger partial charge in [0.15, 0.2) is 11.5 Å². The van der Waals surface area contributed by atoms with Crippen LogP contribution in [0.15, 0.2) is 22.7 Å². The number of methoxy groups -OCH3 is 2. The number of hydrogen-bond donors (Lipinski definition) is 1. The van der Waals surface area contributed by atoms with Gasteiger partial charge in [-0.2, -0.15) is 4.98 Å². The normalized spacial score (nSPS) is 15.5. The van der Waals surface area contributed by atoms with Crippen molar-refractivity contribution in [3.05, 3.63) is 24.1 Å². The van der Waals surface area contributed by atoms with Crippen molar-refractivity contribution in [1.82, 2.24) is 20.4 Å². The predicted octanol–water partition coefficient (Wildman–Crippen LogP) is 2.74. The molecule has 1 amide bonds. The van der Waals surface area contributed by atoms with Gasteiger partial charge < -0.3 is 19.3 Å².